The van der Waals surface area contributed by atoms with Crippen molar-refractivity contribution < 1.29 is 9.90 Å². The molecule has 5 heteroatoms. The maximum absolute atomic E-state index is 10.4. The fourth-order valence-electron chi connectivity index (χ4n) is 1.24. The third-order valence-electron chi connectivity index (χ3n) is 1.88. The van der Waals surface area contributed by atoms with Crippen molar-refractivity contribution >= 4 is 30.0 Å². The highest BCUT2D eigenvalue weighted by atomic mass is 35.5. The van der Waals surface area contributed by atoms with Crippen molar-refractivity contribution in [1.29, 1.82) is 0 Å². The van der Waals surface area contributed by atoms with E-state index in [1.54, 1.807) is 6.07 Å². The van der Waals surface area contributed by atoms with Crippen LogP contribution >= 0.6 is 24.0 Å². The second kappa shape index (κ2) is 6.67. The molecule has 1 aromatic carbocycles. The fraction of sp³-hybridized carbons (Fsp3) is 0.300. The summed E-state index contributed by atoms with van der Waals surface area (Å²) in [6, 6.07) is 6.92. The second-order valence-corrected chi connectivity index (χ2v) is 3.56. The van der Waals surface area contributed by atoms with Crippen molar-refractivity contribution in [1.82, 2.24) is 0 Å². The Balaban J connectivity index is 0.00000196. The number of carboxylic acid groups (broad SMARTS) is 1. The smallest absolute Gasteiger partial charge is 0.304 e. The van der Waals surface area contributed by atoms with Gasteiger partial charge in [-0.3, -0.25) is 4.79 Å². The van der Waals surface area contributed by atoms with Crippen molar-refractivity contribution in [3.8, 4) is 0 Å². The number of halogens is 2. The molecule has 0 aromatic heterocycles. The summed E-state index contributed by atoms with van der Waals surface area (Å²) >= 11 is 5.90. The monoisotopic (exact) mass is 249 g/mol. The minimum Gasteiger partial charge on any atom is -0.481 e. The molecule has 84 valence electrons. The molecule has 0 spiro atoms. The van der Waals surface area contributed by atoms with Crippen molar-refractivity contribution in [3.05, 3.63) is 34.9 Å². The molecule has 0 aliphatic heterocycles. The van der Waals surface area contributed by atoms with Crippen LogP contribution in [0.2, 0.25) is 5.02 Å². The lowest BCUT2D eigenvalue weighted by atomic mass is 10.0. The lowest BCUT2D eigenvalue weighted by Gasteiger charge is -2.09. The Bertz CT molecular complexity index is 331. The van der Waals surface area contributed by atoms with E-state index in [2.05, 4.69) is 0 Å². The molecule has 15 heavy (non-hydrogen) atoms. The molecular formula is C10H13Cl2NO2. The maximum Gasteiger partial charge on any atom is 0.304 e. The zero-order chi connectivity index (χ0) is 10.6. The third-order valence-corrected chi connectivity index (χ3v) is 2.25. The van der Waals surface area contributed by atoms with Crippen LogP contribution in [-0.4, -0.2) is 17.1 Å². The summed E-state index contributed by atoms with van der Waals surface area (Å²) in [5.74, 6) is -0.885. The Kier molecular flexibility index (Phi) is 6.32. The number of hydrogen-bond donors (Lipinski definition) is 2. The molecule has 0 saturated carbocycles. The van der Waals surface area contributed by atoms with Crippen LogP contribution in [0.5, 0.6) is 0 Å². The molecule has 0 saturated heterocycles. The van der Waals surface area contributed by atoms with Crippen LogP contribution < -0.4 is 5.73 Å². The van der Waals surface area contributed by atoms with Gasteiger partial charge >= 0.3 is 5.97 Å². The minimum atomic E-state index is -0.885. The molecule has 0 amide bonds. The van der Waals surface area contributed by atoms with E-state index in [1.807, 2.05) is 18.2 Å². The molecule has 1 aromatic rings. The summed E-state index contributed by atoms with van der Waals surface area (Å²) in [6.45, 7) is 0. The predicted molar refractivity (Wildman–Crippen MR) is 62.6 cm³/mol. The first-order valence-corrected chi connectivity index (χ1v) is 4.68. The highest BCUT2D eigenvalue weighted by Crippen LogP contribution is 2.16. The van der Waals surface area contributed by atoms with E-state index < -0.39 is 5.97 Å². The highest BCUT2D eigenvalue weighted by Gasteiger charge is 2.10. The van der Waals surface area contributed by atoms with Gasteiger partial charge in [-0.25, -0.2) is 0 Å². The summed E-state index contributed by atoms with van der Waals surface area (Å²) in [6.07, 6.45) is 0.456. The van der Waals surface area contributed by atoms with Crippen LogP contribution in [0.15, 0.2) is 24.3 Å². The Morgan fingerprint density at radius 2 is 2.07 bits per heavy atom. The number of hydrogen-bond acceptors (Lipinski definition) is 2. The van der Waals surface area contributed by atoms with Crippen molar-refractivity contribution in [2.75, 3.05) is 0 Å². The van der Waals surface area contributed by atoms with Gasteiger partial charge in [-0.05, 0) is 18.1 Å². The standard InChI is InChI=1S/C10H12ClNO2.ClH/c11-9-4-2-1-3-7(9)5-8(12)6-10(13)14;/h1-4,8H,5-6,12H2,(H,13,14);1H/t8-;/m0./s1. The van der Waals surface area contributed by atoms with Crippen molar-refractivity contribution in [2.24, 2.45) is 5.73 Å². The van der Waals surface area contributed by atoms with Crippen LogP contribution in [-0.2, 0) is 11.2 Å². The van der Waals surface area contributed by atoms with Gasteiger partial charge in [0, 0.05) is 11.1 Å². The first-order valence-electron chi connectivity index (χ1n) is 4.30. The molecule has 0 heterocycles. The van der Waals surface area contributed by atoms with E-state index in [9.17, 15) is 4.79 Å². The number of aliphatic carboxylic acids is 1. The average Bonchev–Trinajstić information content (AvgIpc) is 2.07. The molecule has 0 aliphatic rings. The van der Waals surface area contributed by atoms with Gasteiger partial charge in [-0.1, -0.05) is 29.8 Å². The van der Waals surface area contributed by atoms with E-state index in [0.29, 0.717) is 11.4 Å². The SMILES string of the molecule is Cl.N[C@H](CC(=O)O)Cc1ccccc1Cl. The zero-order valence-electron chi connectivity index (χ0n) is 8.02. The van der Waals surface area contributed by atoms with Crippen molar-refractivity contribution in [3.63, 3.8) is 0 Å². The molecule has 1 atom stereocenters. The molecule has 3 nitrogen and oxygen atoms in total. The number of carboxylic acids is 1. The molecule has 0 radical (unpaired) electrons. The summed E-state index contributed by atoms with van der Waals surface area (Å²) in [4.78, 5) is 10.4. The normalized spacial score (nSPS) is 11.6. The van der Waals surface area contributed by atoms with Gasteiger partial charge in [0.2, 0.25) is 0 Å². The van der Waals surface area contributed by atoms with Gasteiger partial charge < -0.3 is 10.8 Å². The van der Waals surface area contributed by atoms with Crippen LogP contribution in [0.3, 0.4) is 0 Å². The molecule has 0 aliphatic carbocycles. The zero-order valence-corrected chi connectivity index (χ0v) is 9.59. The van der Waals surface area contributed by atoms with Gasteiger partial charge in [-0.15, -0.1) is 12.4 Å². The van der Waals surface area contributed by atoms with E-state index in [0.717, 1.165) is 5.56 Å². The molecule has 1 rings (SSSR count). The number of nitrogens with two attached hydrogens (primary N) is 1. The minimum absolute atomic E-state index is 0. The van der Waals surface area contributed by atoms with Crippen LogP contribution in [0.25, 0.3) is 0 Å². The van der Waals surface area contributed by atoms with Gasteiger partial charge in [0.1, 0.15) is 0 Å². The predicted octanol–water partition coefficient (Wildman–Crippen LogP) is 2.11. The first kappa shape index (κ1) is 14.2. The summed E-state index contributed by atoms with van der Waals surface area (Å²) in [5.41, 5.74) is 6.53. The Morgan fingerprint density at radius 3 is 2.60 bits per heavy atom. The fourth-order valence-corrected chi connectivity index (χ4v) is 1.46. The van der Waals surface area contributed by atoms with E-state index in [-0.39, 0.29) is 24.9 Å². The molecule has 0 fully saturated rings. The van der Waals surface area contributed by atoms with Crippen LogP contribution in [0.1, 0.15) is 12.0 Å². The summed E-state index contributed by atoms with van der Waals surface area (Å²) in [5, 5.41) is 9.15. The number of rotatable bonds is 4. The topological polar surface area (TPSA) is 63.3 Å². The third kappa shape index (κ3) is 5.02. The number of carbonyl (C=O) groups is 1. The molecule has 0 bridgehead atoms. The lowest BCUT2D eigenvalue weighted by molar-refractivity contribution is -0.137. The Labute approximate surface area is 99.6 Å². The Morgan fingerprint density at radius 1 is 1.47 bits per heavy atom. The molecule has 3 N–H and O–H groups in total. The van der Waals surface area contributed by atoms with E-state index >= 15 is 0 Å². The van der Waals surface area contributed by atoms with Crippen molar-refractivity contribution in [2.45, 2.75) is 18.9 Å². The van der Waals surface area contributed by atoms with E-state index in [4.69, 9.17) is 22.4 Å². The molecular weight excluding hydrogens is 237 g/mol. The van der Waals surface area contributed by atoms with Crippen LogP contribution in [0, 0.1) is 0 Å². The quantitative estimate of drug-likeness (QED) is 0.860. The summed E-state index contributed by atoms with van der Waals surface area (Å²) < 4.78 is 0. The largest absolute Gasteiger partial charge is 0.481 e. The van der Waals surface area contributed by atoms with Gasteiger partial charge in [-0.2, -0.15) is 0 Å². The van der Waals surface area contributed by atoms with Gasteiger partial charge in [0.15, 0.2) is 0 Å². The highest BCUT2D eigenvalue weighted by molar-refractivity contribution is 6.31. The Hall–Kier alpha value is -0.770. The van der Waals surface area contributed by atoms with Gasteiger partial charge in [0.25, 0.3) is 0 Å². The average molecular weight is 250 g/mol. The summed E-state index contributed by atoms with van der Waals surface area (Å²) in [7, 11) is 0. The lowest BCUT2D eigenvalue weighted by Crippen LogP contribution is -2.26. The first-order chi connectivity index (χ1) is 6.59. The number of benzene rings is 1. The van der Waals surface area contributed by atoms with Gasteiger partial charge in [0.05, 0.1) is 6.42 Å². The van der Waals surface area contributed by atoms with Crippen LogP contribution in [0.4, 0.5) is 0 Å². The van der Waals surface area contributed by atoms with E-state index in [1.165, 1.54) is 0 Å². The molecule has 0 unspecified atom stereocenters. The maximum atomic E-state index is 10.4. The second-order valence-electron chi connectivity index (χ2n) is 3.15.